The van der Waals surface area contributed by atoms with E-state index in [0.717, 1.165) is 12.8 Å². The summed E-state index contributed by atoms with van der Waals surface area (Å²) < 4.78 is 0. The van der Waals surface area contributed by atoms with Crippen LogP contribution in [0.5, 0.6) is 0 Å². The molecule has 2 unspecified atom stereocenters. The fourth-order valence-corrected chi connectivity index (χ4v) is 2.17. The van der Waals surface area contributed by atoms with E-state index in [0.29, 0.717) is 0 Å². The minimum atomic E-state index is -1.71. The van der Waals surface area contributed by atoms with Crippen molar-refractivity contribution in [1.29, 1.82) is 0 Å². The molecule has 4 heteroatoms. The third-order valence-electron chi connectivity index (χ3n) is 3.29. The zero-order chi connectivity index (χ0) is 12.5. The molecule has 3 N–H and O–H groups in total. The monoisotopic (exact) mass is 235 g/mol. The van der Waals surface area contributed by atoms with Gasteiger partial charge in [0.1, 0.15) is 0 Å². The topological polar surface area (TPSA) is 69.6 Å². The molecule has 92 valence electrons. The molecular formula is C13H17NO3. The lowest BCUT2D eigenvalue weighted by Crippen LogP contribution is -2.45. The molecule has 4 nitrogen and oxygen atoms in total. The van der Waals surface area contributed by atoms with E-state index in [1.54, 1.807) is 0 Å². The molecule has 0 bridgehead atoms. The Hall–Kier alpha value is -1.39. The van der Waals surface area contributed by atoms with Crippen LogP contribution in [-0.2, 0) is 11.2 Å². The SMILES string of the molecule is CC(O)(CNC1CCc2ccccc21)C(=O)O. The number of fused-ring (bicyclic) bond motifs is 1. The number of nitrogens with one attached hydrogen (secondary N) is 1. The summed E-state index contributed by atoms with van der Waals surface area (Å²) in [6, 6.07) is 8.28. The average molecular weight is 235 g/mol. The Kier molecular flexibility index (Phi) is 3.17. The van der Waals surface area contributed by atoms with Crippen molar-refractivity contribution in [3.63, 3.8) is 0 Å². The molecular weight excluding hydrogens is 218 g/mol. The minimum Gasteiger partial charge on any atom is -0.479 e. The van der Waals surface area contributed by atoms with Crippen molar-refractivity contribution in [2.75, 3.05) is 6.54 Å². The normalized spacial score (nSPS) is 21.9. The quantitative estimate of drug-likeness (QED) is 0.731. The van der Waals surface area contributed by atoms with Crippen molar-refractivity contribution >= 4 is 5.97 Å². The van der Waals surface area contributed by atoms with Gasteiger partial charge in [-0.05, 0) is 30.9 Å². The molecule has 0 heterocycles. The first-order valence-electron chi connectivity index (χ1n) is 5.77. The van der Waals surface area contributed by atoms with E-state index in [2.05, 4.69) is 17.4 Å². The number of hydrogen-bond donors (Lipinski definition) is 3. The van der Waals surface area contributed by atoms with Crippen LogP contribution in [0, 0.1) is 0 Å². The molecule has 0 saturated carbocycles. The van der Waals surface area contributed by atoms with Crippen molar-refractivity contribution in [3.8, 4) is 0 Å². The van der Waals surface area contributed by atoms with Gasteiger partial charge in [-0.15, -0.1) is 0 Å². The Balaban J connectivity index is 2.01. The summed E-state index contributed by atoms with van der Waals surface area (Å²) in [4.78, 5) is 10.8. The number of carboxylic acid groups (broad SMARTS) is 1. The lowest BCUT2D eigenvalue weighted by atomic mass is 10.1. The molecule has 0 spiro atoms. The van der Waals surface area contributed by atoms with E-state index >= 15 is 0 Å². The molecule has 2 atom stereocenters. The maximum Gasteiger partial charge on any atom is 0.336 e. The number of aliphatic hydroxyl groups is 1. The average Bonchev–Trinajstić information content (AvgIpc) is 2.69. The van der Waals surface area contributed by atoms with E-state index < -0.39 is 11.6 Å². The van der Waals surface area contributed by atoms with Gasteiger partial charge < -0.3 is 15.5 Å². The van der Waals surface area contributed by atoms with E-state index in [1.807, 2.05) is 12.1 Å². The first-order chi connectivity index (χ1) is 8.00. The van der Waals surface area contributed by atoms with Crippen LogP contribution in [0.3, 0.4) is 0 Å². The van der Waals surface area contributed by atoms with Crippen LogP contribution in [0.1, 0.15) is 30.5 Å². The van der Waals surface area contributed by atoms with Gasteiger partial charge in [-0.25, -0.2) is 4.79 Å². The zero-order valence-corrected chi connectivity index (χ0v) is 9.81. The molecule has 0 radical (unpaired) electrons. The Morgan fingerprint density at radius 2 is 2.24 bits per heavy atom. The van der Waals surface area contributed by atoms with Gasteiger partial charge in [-0.2, -0.15) is 0 Å². The lowest BCUT2D eigenvalue weighted by Gasteiger charge is -2.22. The Bertz CT molecular complexity index is 428. The van der Waals surface area contributed by atoms with E-state index in [1.165, 1.54) is 18.1 Å². The van der Waals surface area contributed by atoms with Gasteiger partial charge in [0.05, 0.1) is 0 Å². The van der Waals surface area contributed by atoms with E-state index in [4.69, 9.17) is 5.11 Å². The molecule has 1 aromatic rings. The van der Waals surface area contributed by atoms with Crippen LogP contribution in [0.2, 0.25) is 0 Å². The molecule has 1 aliphatic carbocycles. The zero-order valence-electron chi connectivity index (χ0n) is 9.81. The van der Waals surface area contributed by atoms with Crippen molar-refractivity contribution < 1.29 is 15.0 Å². The van der Waals surface area contributed by atoms with Gasteiger partial charge >= 0.3 is 5.97 Å². The Morgan fingerprint density at radius 3 is 2.94 bits per heavy atom. The summed E-state index contributed by atoms with van der Waals surface area (Å²) >= 11 is 0. The summed E-state index contributed by atoms with van der Waals surface area (Å²) in [6.45, 7) is 1.37. The van der Waals surface area contributed by atoms with E-state index in [9.17, 15) is 9.90 Å². The molecule has 1 aliphatic rings. The van der Waals surface area contributed by atoms with Crippen LogP contribution in [-0.4, -0.2) is 28.3 Å². The van der Waals surface area contributed by atoms with E-state index in [-0.39, 0.29) is 12.6 Å². The van der Waals surface area contributed by atoms with Gasteiger partial charge in [-0.3, -0.25) is 0 Å². The summed E-state index contributed by atoms with van der Waals surface area (Å²) in [7, 11) is 0. The third kappa shape index (κ3) is 2.48. The molecule has 0 fully saturated rings. The fraction of sp³-hybridized carbons (Fsp3) is 0.462. The predicted molar refractivity (Wildman–Crippen MR) is 63.8 cm³/mol. The van der Waals surface area contributed by atoms with Crippen LogP contribution in [0.4, 0.5) is 0 Å². The molecule has 1 aromatic carbocycles. The largest absolute Gasteiger partial charge is 0.479 e. The van der Waals surface area contributed by atoms with Crippen molar-refractivity contribution in [3.05, 3.63) is 35.4 Å². The predicted octanol–water partition coefficient (Wildman–Crippen LogP) is 1.10. The number of carbonyl (C=O) groups is 1. The summed E-state index contributed by atoms with van der Waals surface area (Å²) in [6.07, 6.45) is 1.96. The summed E-state index contributed by atoms with van der Waals surface area (Å²) in [5.41, 5.74) is 0.811. The highest BCUT2D eigenvalue weighted by Crippen LogP contribution is 2.30. The third-order valence-corrected chi connectivity index (χ3v) is 3.29. The maximum atomic E-state index is 10.8. The highest BCUT2D eigenvalue weighted by atomic mass is 16.4. The standard InChI is InChI=1S/C13H17NO3/c1-13(17,12(15)16)8-14-11-7-6-9-4-2-3-5-10(9)11/h2-5,11,14,17H,6-8H2,1H3,(H,15,16). The Labute approximate surface area is 100 Å². The van der Waals surface area contributed by atoms with Crippen molar-refractivity contribution in [2.24, 2.45) is 0 Å². The van der Waals surface area contributed by atoms with Gasteiger partial charge in [-0.1, -0.05) is 24.3 Å². The first-order valence-corrected chi connectivity index (χ1v) is 5.77. The van der Waals surface area contributed by atoms with Gasteiger partial charge in [0.25, 0.3) is 0 Å². The van der Waals surface area contributed by atoms with Crippen LogP contribution in [0.25, 0.3) is 0 Å². The van der Waals surface area contributed by atoms with Gasteiger partial charge in [0.2, 0.25) is 0 Å². The van der Waals surface area contributed by atoms with Gasteiger partial charge in [0, 0.05) is 12.6 Å². The second-order valence-corrected chi connectivity index (χ2v) is 4.75. The molecule has 0 aromatic heterocycles. The smallest absolute Gasteiger partial charge is 0.336 e. The molecule has 0 amide bonds. The van der Waals surface area contributed by atoms with Crippen molar-refractivity contribution in [1.82, 2.24) is 5.32 Å². The molecule has 17 heavy (non-hydrogen) atoms. The van der Waals surface area contributed by atoms with Gasteiger partial charge in [0.15, 0.2) is 5.60 Å². The Morgan fingerprint density at radius 1 is 1.53 bits per heavy atom. The van der Waals surface area contributed by atoms with Crippen molar-refractivity contribution in [2.45, 2.75) is 31.4 Å². The first kappa shape index (κ1) is 12.1. The number of hydrogen-bond acceptors (Lipinski definition) is 3. The van der Waals surface area contributed by atoms with Crippen LogP contribution in [0.15, 0.2) is 24.3 Å². The maximum absolute atomic E-state index is 10.8. The highest BCUT2D eigenvalue weighted by Gasteiger charge is 2.31. The highest BCUT2D eigenvalue weighted by molar-refractivity contribution is 5.76. The number of rotatable bonds is 4. The summed E-state index contributed by atoms with van der Waals surface area (Å²) in [5.74, 6) is -1.20. The molecule has 0 saturated heterocycles. The molecule has 0 aliphatic heterocycles. The number of aliphatic carboxylic acids is 1. The summed E-state index contributed by atoms with van der Waals surface area (Å²) in [5, 5.41) is 21.6. The number of aryl methyl sites for hydroxylation is 1. The number of carboxylic acids is 1. The number of benzene rings is 1. The van der Waals surface area contributed by atoms with Crippen LogP contribution < -0.4 is 5.32 Å². The fourth-order valence-electron chi connectivity index (χ4n) is 2.17. The van der Waals surface area contributed by atoms with Crippen LogP contribution >= 0.6 is 0 Å². The molecule has 2 rings (SSSR count). The second kappa shape index (κ2) is 4.47. The second-order valence-electron chi connectivity index (χ2n) is 4.75. The minimum absolute atomic E-state index is 0.0569. The lowest BCUT2D eigenvalue weighted by molar-refractivity contribution is -0.156.